The Morgan fingerprint density at radius 3 is 1.70 bits per heavy atom. The lowest BCUT2D eigenvalue weighted by atomic mass is 9.95. The van der Waals surface area contributed by atoms with Crippen molar-refractivity contribution in [2.45, 2.75) is 312 Å². The maximum atomic E-state index is 14.4. The molecule has 6 heterocycles. The monoisotopic (exact) mass is 1280 g/mol. The predicted octanol–water partition coefficient (Wildman–Crippen LogP) is 0.810. The molecule has 0 saturated carbocycles. The van der Waals surface area contributed by atoms with Crippen molar-refractivity contribution < 1.29 is 137 Å². The van der Waals surface area contributed by atoms with E-state index < -0.39 is 209 Å². The summed E-state index contributed by atoms with van der Waals surface area (Å²) in [7, 11) is 0. The molecule has 28 heteroatoms. The molecule has 6 aliphatic heterocycles. The number of rotatable bonds is 18. The van der Waals surface area contributed by atoms with E-state index in [2.05, 4.69) is 6.92 Å². The van der Waals surface area contributed by atoms with Crippen LogP contribution in [0.4, 0.5) is 0 Å². The van der Waals surface area contributed by atoms with Gasteiger partial charge in [-0.15, -0.1) is 0 Å². The highest BCUT2D eigenvalue weighted by molar-refractivity contribution is 5.88. The summed E-state index contributed by atoms with van der Waals surface area (Å²) in [6.45, 7) is 11.3. The number of carbonyl (C=O) groups is 4. The summed E-state index contributed by atoms with van der Waals surface area (Å²) in [5.74, 6) is -4.53. The summed E-state index contributed by atoms with van der Waals surface area (Å²) < 4.78 is 88.3. The number of hydrogen-bond acceptors (Lipinski definition) is 28. The average molecular weight is 1280 g/mol. The molecule has 6 rings (SSSR count). The van der Waals surface area contributed by atoms with Crippen molar-refractivity contribution in [3.8, 4) is 0 Å². The molecule has 6 fully saturated rings. The fourth-order valence-electron chi connectivity index (χ4n) is 11.4. The molecule has 6 saturated heterocycles. The normalized spacial score (nSPS) is 41.4. The first-order chi connectivity index (χ1) is 42.5. The van der Waals surface area contributed by atoms with Crippen LogP contribution in [-0.2, 0) is 85.5 Å². The predicted molar refractivity (Wildman–Crippen MR) is 306 cm³/mol. The third kappa shape index (κ3) is 19.1. The van der Waals surface area contributed by atoms with E-state index in [1.807, 2.05) is 0 Å². The molecular formula is C61H100O28. The third-order valence-electron chi connectivity index (χ3n) is 17.5. The topological polar surface area (TPSA) is 400 Å². The Hall–Kier alpha value is -3.44. The zero-order valence-corrected chi connectivity index (χ0v) is 52.6. The molecule has 0 aliphatic carbocycles. The Bertz CT molecular complexity index is 2260. The number of carbonyl (C=O) groups excluding carboxylic acids is 4. The second-order valence-corrected chi connectivity index (χ2v) is 24.0. The van der Waals surface area contributed by atoms with Crippen molar-refractivity contribution in [2.24, 2.45) is 5.92 Å². The lowest BCUT2D eigenvalue weighted by Crippen LogP contribution is -2.69. The van der Waals surface area contributed by atoms with Crippen LogP contribution in [0.3, 0.4) is 0 Å². The molecule has 27 atom stereocenters. The molecular weight excluding hydrogens is 1180 g/mol. The molecule has 89 heavy (non-hydrogen) atoms. The van der Waals surface area contributed by atoms with Crippen LogP contribution < -0.4 is 0 Å². The van der Waals surface area contributed by atoms with Gasteiger partial charge in [-0.05, 0) is 67.2 Å². The number of allylic oxidation sites excluding steroid dienone is 2. The Kier molecular flexibility index (Phi) is 29.9. The standard InChI is InChI=1S/C61H100O28/c1-10-14-20-23-34-24-21-18-16-15-17-19-22-25-38(65)82-49-44(71)40(67)35(26-62)80-59(49)86-48-42(69)37(28-64)81-61(87-50-43(70)39(66)32(8)76-58(50)78-34)52(48)89-60-53(85-56(75)31(7)13-4)51(46(33(9)77-60)83-54(73)29(5)11-2)88-57-45(72)47(41(68)36(27-63)79-57)84-55(74)30(6)12-3/h11-12,31-37,39-53,57-64,66-72H,10,13-28H2,1-9H3/t31-,32+,33-,34-,35+,36+,37+,39+,40+,41+,42+,43-,44-,45+,46-,47-,48-,49+,50+,51+,52+,53+,57-,58-,59-,60-,61-/m0/s1. The van der Waals surface area contributed by atoms with Crippen molar-refractivity contribution in [1.29, 1.82) is 0 Å². The first-order valence-corrected chi connectivity index (χ1v) is 31.7. The highest BCUT2D eigenvalue weighted by Crippen LogP contribution is 2.40. The Labute approximate surface area is 519 Å². The van der Waals surface area contributed by atoms with Gasteiger partial charge in [-0.2, -0.15) is 0 Å². The Morgan fingerprint density at radius 1 is 0.528 bits per heavy atom. The van der Waals surface area contributed by atoms with E-state index >= 15 is 0 Å². The van der Waals surface area contributed by atoms with Gasteiger partial charge >= 0.3 is 23.9 Å². The van der Waals surface area contributed by atoms with E-state index in [1.54, 1.807) is 20.8 Å². The van der Waals surface area contributed by atoms with Crippen molar-refractivity contribution in [1.82, 2.24) is 0 Å². The number of fused-ring (bicyclic) bond motifs is 4. The summed E-state index contributed by atoms with van der Waals surface area (Å²) in [5.41, 5.74) is 0.170. The van der Waals surface area contributed by atoms with E-state index in [0.29, 0.717) is 25.7 Å². The van der Waals surface area contributed by atoms with E-state index in [1.165, 1.54) is 46.8 Å². The van der Waals surface area contributed by atoms with Gasteiger partial charge in [0.25, 0.3) is 0 Å². The highest BCUT2D eigenvalue weighted by Gasteiger charge is 2.60. The van der Waals surface area contributed by atoms with Gasteiger partial charge in [0, 0.05) is 17.6 Å². The van der Waals surface area contributed by atoms with Crippen molar-refractivity contribution in [3.63, 3.8) is 0 Å². The van der Waals surface area contributed by atoms with E-state index in [0.717, 1.165) is 51.4 Å². The number of aliphatic hydroxyl groups excluding tert-OH is 10. The zero-order chi connectivity index (χ0) is 65.4. The van der Waals surface area contributed by atoms with Crippen molar-refractivity contribution in [3.05, 3.63) is 23.3 Å². The molecule has 0 aromatic rings. The van der Waals surface area contributed by atoms with Gasteiger partial charge in [0.15, 0.2) is 55.9 Å². The van der Waals surface area contributed by atoms with E-state index in [9.17, 15) is 70.2 Å². The summed E-state index contributed by atoms with van der Waals surface area (Å²) in [6.07, 6.45) is -34.1. The molecule has 2 bridgehead atoms. The van der Waals surface area contributed by atoms with E-state index in [-0.39, 0.29) is 24.0 Å². The lowest BCUT2D eigenvalue weighted by Gasteiger charge is -2.51. The highest BCUT2D eigenvalue weighted by atomic mass is 16.8. The molecule has 0 aromatic carbocycles. The van der Waals surface area contributed by atoms with E-state index in [4.69, 9.17) is 66.3 Å². The van der Waals surface area contributed by atoms with Crippen LogP contribution in [0.25, 0.3) is 0 Å². The van der Waals surface area contributed by atoms with Gasteiger partial charge in [-0.25, -0.2) is 9.59 Å². The Balaban J connectivity index is 1.55. The Morgan fingerprint density at radius 2 is 1.08 bits per heavy atom. The molecule has 0 aromatic heterocycles. The largest absolute Gasteiger partial charge is 0.454 e. The van der Waals surface area contributed by atoms with Crippen LogP contribution in [0.5, 0.6) is 0 Å². The van der Waals surface area contributed by atoms with Crippen LogP contribution >= 0.6 is 0 Å². The van der Waals surface area contributed by atoms with Gasteiger partial charge in [-0.3, -0.25) is 9.59 Å². The van der Waals surface area contributed by atoms with Crippen LogP contribution in [-0.4, -0.2) is 254 Å². The quantitative estimate of drug-likeness (QED) is 0.0393. The zero-order valence-electron chi connectivity index (χ0n) is 52.6. The van der Waals surface area contributed by atoms with Gasteiger partial charge in [0.2, 0.25) is 0 Å². The van der Waals surface area contributed by atoms with Crippen LogP contribution in [0.2, 0.25) is 0 Å². The minimum atomic E-state index is -2.10. The van der Waals surface area contributed by atoms with Crippen molar-refractivity contribution in [2.75, 3.05) is 19.8 Å². The molecule has 10 N–H and O–H groups in total. The second kappa shape index (κ2) is 35.7. The van der Waals surface area contributed by atoms with Crippen LogP contribution in [0.15, 0.2) is 23.3 Å². The SMILES string of the molecule is CC=C(C)C(=O)O[C@@H]1[C@@H](O)[C@H](O[C@@H]2[C@@H](OC(=O)C(C)=CC)[C@H](C)O[C@@H](O[C@H]3[C@@H]4O[C@H]5[C@H](O[C@@H](CCCCC)CCCCCCCCCC(=O)O[C@H]6[C@H](O[C@H]3[C@H](O)[C@@H](CO)O4)O[C@H](CO)[C@@H](O)[C@@H]6O)O[C@H](C)[C@@H](O)[C@@H]5O)[C@@H]2OC(=O)[C@@H](C)CC)O[C@H](CO)[C@H]1O. The fourth-order valence-corrected chi connectivity index (χ4v) is 11.4. The molecule has 0 unspecified atom stereocenters. The van der Waals surface area contributed by atoms with Gasteiger partial charge in [0.05, 0.1) is 44.1 Å². The molecule has 0 radical (unpaired) electrons. The maximum Gasteiger partial charge on any atom is 0.333 e. The van der Waals surface area contributed by atoms with Gasteiger partial charge in [-0.1, -0.05) is 90.7 Å². The van der Waals surface area contributed by atoms with Crippen molar-refractivity contribution >= 4 is 23.9 Å². The first kappa shape index (κ1) is 74.6. The minimum Gasteiger partial charge on any atom is -0.454 e. The summed E-state index contributed by atoms with van der Waals surface area (Å²) in [5, 5.41) is 114. The number of hydrogen-bond donors (Lipinski definition) is 10. The first-order valence-electron chi connectivity index (χ1n) is 31.7. The number of ether oxygens (including phenoxy) is 14. The van der Waals surface area contributed by atoms with Gasteiger partial charge < -0.3 is 117 Å². The molecule has 28 nitrogen and oxygen atoms in total. The smallest absolute Gasteiger partial charge is 0.333 e. The maximum absolute atomic E-state index is 14.4. The molecule has 6 aliphatic rings. The lowest BCUT2D eigenvalue weighted by molar-refractivity contribution is -0.413. The number of aliphatic hydroxyl groups is 10. The van der Waals surface area contributed by atoms with Crippen LogP contribution in [0.1, 0.15) is 152 Å². The summed E-state index contributed by atoms with van der Waals surface area (Å²) >= 11 is 0. The average Bonchev–Trinajstić information content (AvgIpc) is 1.38. The fraction of sp³-hybridized carbons (Fsp3) is 0.869. The minimum absolute atomic E-state index is 0.0817. The summed E-state index contributed by atoms with van der Waals surface area (Å²) in [4.78, 5) is 55.1. The molecule has 0 spiro atoms. The number of esters is 4. The second-order valence-electron chi connectivity index (χ2n) is 24.0. The molecule has 512 valence electrons. The van der Waals surface area contributed by atoms with Crippen LogP contribution in [0, 0.1) is 5.92 Å². The third-order valence-corrected chi connectivity index (χ3v) is 17.5. The van der Waals surface area contributed by atoms with Gasteiger partial charge in [0.1, 0.15) is 85.5 Å². The number of unbranched alkanes of at least 4 members (excludes halogenated alkanes) is 2. The molecule has 0 amide bonds. The summed E-state index contributed by atoms with van der Waals surface area (Å²) in [6, 6.07) is 0.